The van der Waals surface area contributed by atoms with Crippen molar-refractivity contribution in [3.63, 3.8) is 0 Å². The lowest BCUT2D eigenvalue weighted by Gasteiger charge is -2.28. The number of hydrogen-bond donors (Lipinski definition) is 1. The Morgan fingerprint density at radius 3 is 2.39 bits per heavy atom. The summed E-state index contributed by atoms with van der Waals surface area (Å²) >= 11 is 1.29. The highest BCUT2D eigenvalue weighted by atomic mass is 32.1. The molecule has 7 nitrogen and oxygen atoms in total. The maximum Gasteiger partial charge on any atom is 0.290 e. The van der Waals surface area contributed by atoms with E-state index in [9.17, 15) is 14.7 Å². The molecule has 0 radical (unpaired) electrons. The number of ether oxygens (including phenoxy) is 1. The number of aromatic nitrogens is 1. The molecule has 2 aromatic rings. The van der Waals surface area contributed by atoms with Crippen LogP contribution in [0.5, 0.6) is 5.75 Å². The molecule has 8 heteroatoms. The number of carbonyl (C=O) groups excluding carboxylic acids is 2. The van der Waals surface area contributed by atoms with Gasteiger partial charge in [-0.25, -0.2) is 4.98 Å². The number of nitrogens with zero attached hydrogens (tertiary/aromatic N) is 3. The molecule has 1 aliphatic rings. The third-order valence-electron chi connectivity index (χ3n) is 6.64. The van der Waals surface area contributed by atoms with E-state index in [0.717, 1.165) is 61.6 Å². The summed E-state index contributed by atoms with van der Waals surface area (Å²) in [6.07, 6.45) is 4.00. The van der Waals surface area contributed by atoms with Crippen molar-refractivity contribution in [2.45, 2.75) is 66.3 Å². The van der Waals surface area contributed by atoms with Crippen LogP contribution in [0, 0.1) is 13.8 Å². The number of carbonyl (C=O) groups is 2. The van der Waals surface area contributed by atoms with Crippen LogP contribution in [-0.2, 0) is 4.79 Å². The monoisotopic (exact) mass is 513 g/mol. The van der Waals surface area contributed by atoms with Gasteiger partial charge >= 0.3 is 0 Å². The minimum absolute atomic E-state index is 0.131. The smallest absolute Gasteiger partial charge is 0.290 e. The van der Waals surface area contributed by atoms with Gasteiger partial charge in [-0.05, 0) is 64.0 Å². The van der Waals surface area contributed by atoms with E-state index in [0.29, 0.717) is 23.7 Å². The lowest BCUT2D eigenvalue weighted by molar-refractivity contribution is -0.129. The fraction of sp³-hybridized carbons (Fsp3) is 0.536. The van der Waals surface area contributed by atoms with Crippen molar-refractivity contribution < 1.29 is 19.4 Å². The summed E-state index contributed by atoms with van der Waals surface area (Å²) in [4.78, 5) is 35.6. The molecule has 0 fully saturated rings. The third kappa shape index (κ3) is 6.34. The standard InChI is InChI=1S/C28H39N3O4S/c1-6-9-10-18-35-22-14-12-21(13-15-22)24-23(25(32)27-19(4)29-20(5)36-27)26(33)28(34)31(24)17-11-16-30(7-2)8-3/h12-15,24,33H,6-11,16-18H2,1-5H3. The summed E-state index contributed by atoms with van der Waals surface area (Å²) in [6, 6.07) is 6.87. The second kappa shape index (κ2) is 13.0. The molecule has 1 amide bonds. The number of thiazole rings is 1. The molecule has 1 aromatic heterocycles. The summed E-state index contributed by atoms with van der Waals surface area (Å²) in [5, 5.41) is 11.7. The van der Waals surface area contributed by atoms with Gasteiger partial charge in [-0.2, -0.15) is 0 Å². The Balaban J connectivity index is 1.90. The predicted octanol–water partition coefficient (Wildman–Crippen LogP) is 5.64. The van der Waals surface area contributed by atoms with Gasteiger partial charge < -0.3 is 19.6 Å². The predicted molar refractivity (Wildman–Crippen MR) is 144 cm³/mol. The number of aliphatic hydroxyl groups excluding tert-OH is 1. The summed E-state index contributed by atoms with van der Waals surface area (Å²) in [6.45, 7) is 13.8. The van der Waals surface area contributed by atoms with Crippen molar-refractivity contribution in [1.29, 1.82) is 0 Å². The molecule has 0 spiro atoms. The van der Waals surface area contributed by atoms with Gasteiger partial charge in [-0.15, -0.1) is 11.3 Å². The van der Waals surface area contributed by atoms with Crippen LogP contribution >= 0.6 is 11.3 Å². The Kier molecular flexibility index (Phi) is 10.1. The Morgan fingerprint density at radius 2 is 1.81 bits per heavy atom. The van der Waals surface area contributed by atoms with Crippen molar-refractivity contribution in [3.8, 4) is 5.75 Å². The van der Waals surface area contributed by atoms with Crippen LogP contribution in [0.1, 0.15) is 78.4 Å². The molecule has 2 heterocycles. The van der Waals surface area contributed by atoms with Gasteiger partial charge in [0.15, 0.2) is 5.76 Å². The molecule has 0 bridgehead atoms. The molecule has 0 saturated heterocycles. The number of aryl methyl sites for hydroxylation is 2. The number of hydrogen-bond acceptors (Lipinski definition) is 7. The average molecular weight is 514 g/mol. The van der Waals surface area contributed by atoms with Gasteiger partial charge in [0, 0.05) is 6.54 Å². The minimum Gasteiger partial charge on any atom is -0.503 e. The van der Waals surface area contributed by atoms with Crippen molar-refractivity contribution >= 4 is 23.0 Å². The van der Waals surface area contributed by atoms with Crippen molar-refractivity contribution in [2.75, 3.05) is 32.8 Å². The van der Waals surface area contributed by atoms with E-state index < -0.39 is 17.7 Å². The number of aliphatic hydroxyl groups is 1. The average Bonchev–Trinajstić information content (AvgIpc) is 3.34. The third-order valence-corrected chi connectivity index (χ3v) is 7.71. The number of amides is 1. The molecule has 196 valence electrons. The molecule has 36 heavy (non-hydrogen) atoms. The van der Waals surface area contributed by atoms with E-state index in [1.165, 1.54) is 11.3 Å². The summed E-state index contributed by atoms with van der Waals surface area (Å²) in [5.41, 5.74) is 1.52. The molecular formula is C28H39N3O4S. The number of benzene rings is 1. The Labute approximate surface area is 218 Å². The van der Waals surface area contributed by atoms with Gasteiger partial charge in [-0.3, -0.25) is 9.59 Å². The highest BCUT2D eigenvalue weighted by molar-refractivity contribution is 7.14. The Bertz CT molecular complexity index is 1070. The Morgan fingerprint density at radius 1 is 1.11 bits per heavy atom. The highest BCUT2D eigenvalue weighted by Gasteiger charge is 2.44. The minimum atomic E-state index is -0.655. The second-order valence-electron chi connectivity index (χ2n) is 9.14. The zero-order valence-corrected chi connectivity index (χ0v) is 23.0. The van der Waals surface area contributed by atoms with E-state index >= 15 is 0 Å². The molecule has 1 N–H and O–H groups in total. The van der Waals surface area contributed by atoms with Crippen LogP contribution in [0.2, 0.25) is 0 Å². The van der Waals surface area contributed by atoms with E-state index in [1.807, 2.05) is 31.2 Å². The summed E-state index contributed by atoms with van der Waals surface area (Å²) < 4.78 is 5.85. The van der Waals surface area contributed by atoms with Crippen LogP contribution in [-0.4, -0.2) is 64.4 Å². The van der Waals surface area contributed by atoms with Gasteiger partial charge in [0.2, 0.25) is 5.78 Å². The molecule has 1 aliphatic heterocycles. The molecule has 0 saturated carbocycles. The number of Topliss-reactive ketones (excluding diaryl/α,β-unsaturated/α-hetero) is 1. The van der Waals surface area contributed by atoms with Crippen LogP contribution in [0.3, 0.4) is 0 Å². The van der Waals surface area contributed by atoms with Crippen LogP contribution < -0.4 is 4.74 Å². The maximum atomic E-state index is 13.7. The SMILES string of the molecule is CCCCCOc1ccc(C2C(C(=O)c3sc(C)nc3C)=C(O)C(=O)N2CCCN(CC)CC)cc1. The molecular weight excluding hydrogens is 474 g/mol. The van der Waals surface area contributed by atoms with E-state index in [2.05, 4.69) is 30.7 Å². The zero-order chi connectivity index (χ0) is 26.2. The van der Waals surface area contributed by atoms with E-state index in [-0.39, 0.29) is 11.4 Å². The number of ketones is 1. The Hall–Kier alpha value is -2.71. The van der Waals surface area contributed by atoms with Gasteiger partial charge in [0.05, 0.1) is 33.8 Å². The van der Waals surface area contributed by atoms with Gasteiger partial charge in [-0.1, -0.05) is 45.7 Å². The highest BCUT2D eigenvalue weighted by Crippen LogP contribution is 2.40. The van der Waals surface area contributed by atoms with Gasteiger partial charge in [0.25, 0.3) is 5.91 Å². The van der Waals surface area contributed by atoms with Crippen LogP contribution in [0.25, 0.3) is 0 Å². The van der Waals surface area contributed by atoms with E-state index in [1.54, 1.807) is 11.8 Å². The first-order valence-corrected chi connectivity index (χ1v) is 13.8. The second-order valence-corrected chi connectivity index (χ2v) is 10.3. The quantitative estimate of drug-likeness (QED) is 0.260. The van der Waals surface area contributed by atoms with Gasteiger partial charge in [0.1, 0.15) is 5.75 Å². The largest absolute Gasteiger partial charge is 0.503 e. The summed E-state index contributed by atoms with van der Waals surface area (Å²) in [7, 11) is 0. The van der Waals surface area contributed by atoms with Crippen LogP contribution in [0.15, 0.2) is 35.6 Å². The number of unbranched alkanes of at least 4 members (excludes halogenated alkanes) is 2. The fourth-order valence-electron chi connectivity index (χ4n) is 4.62. The topological polar surface area (TPSA) is 83.0 Å². The van der Waals surface area contributed by atoms with Crippen molar-refractivity contribution in [2.24, 2.45) is 0 Å². The van der Waals surface area contributed by atoms with Crippen molar-refractivity contribution in [3.05, 3.63) is 56.7 Å². The molecule has 1 aromatic carbocycles. The molecule has 0 aliphatic carbocycles. The first-order valence-electron chi connectivity index (χ1n) is 13.0. The van der Waals surface area contributed by atoms with Crippen LogP contribution in [0.4, 0.5) is 0 Å². The first-order chi connectivity index (χ1) is 17.3. The molecule has 3 rings (SSSR count). The first kappa shape index (κ1) is 27.9. The lowest BCUT2D eigenvalue weighted by Crippen LogP contribution is -2.34. The number of rotatable bonds is 14. The normalized spacial score (nSPS) is 15.9. The summed E-state index contributed by atoms with van der Waals surface area (Å²) in [5.74, 6) is -0.540. The van der Waals surface area contributed by atoms with Crippen molar-refractivity contribution in [1.82, 2.24) is 14.8 Å². The molecule has 1 unspecified atom stereocenters. The molecule has 1 atom stereocenters. The lowest BCUT2D eigenvalue weighted by atomic mass is 9.95. The maximum absolute atomic E-state index is 13.7. The zero-order valence-electron chi connectivity index (χ0n) is 22.2. The fourth-order valence-corrected chi connectivity index (χ4v) is 5.49. The van der Waals surface area contributed by atoms with E-state index in [4.69, 9.17) is 4.74 Å².